The highest BCUT2D eigenvalue weighted by molar-refractivity contribution is 7.19. The van der Waals surface area contributed by atoms with E-state index in [1.807, 2.05) is 13.0 Å². The second kappa shape index (κ2) is 2.90. The van der Waals surface area contributed by atoms with E-state index in [-0.39, 0.29) is 5.63 Å². The zero-order valence-corrected chi connectivity index (χ0v) is 8.80. The molecule has 74 valence electrons. The van der Waals surface area contributed by atoms with E-state index in [0.717, 1.165) is 20.6 Å². The number of rotatable bonds is 0. The molecule has 0 aliphatic carbocycles. The van der Waals surface area contributed by atoms with E-state index >= 15 is 0 Å². The molecule has 3 rings (SSSR count). The molecule has 0 fully saturated rings. The number of nitrogens with zero attached hydrogens (tertiary/aromatic N) is 1. The molecule has 0 saturated heterocycles. The first-order valence-corrected chi connectivity index (χ1v) is 5.36. The van der Waals surface area contributed by atoms with Crippen LogP contribution < -0.4 is 5.63 Å². The molecule has 4 heteroatoms. The van der Waals surface area contributed by atoms with Crippen LogP contribution in [0.1, 0.15) is 5.01 Å². The lowest BCUT2D eigenvalue weighted by Gasteiger charge is -1.95. The van der Waals surface area contributed by atoms with Crippen LogP contribution in [0.15, 0.2) is 33.5 Å². The molecular formula is C11H7NO2S. The summed E-state index contributed by atoms with van der Waals surface area (Å²) < 4.78 is 6.18. The highest BCUT2D eigenvalue weighted by Crippen LogP contribution is 2.28. The maximum absolute atomic E-state index is 11.0. The molecule has 15 heavy (non-hydrogen) atoms. The Bertz CT molecular complexity index is 711. The summed E-state index contributed by atoms with van der Waals surface area (Å²) in [7, 11) is 0. The highest BCUT2D eigenvalue weighted by Gasteiger charge is 2.06. The molecule has 2 aromatic heterocycles. The van der Waals surface area contributed by atoms with Gasteiger partial charge in [0.25, 0.3) is 0 Å². The Morgan fingerprint density at radius 2 is 2.13 bits per heavy atom. The quantitative estimate of drug-likeness (QED) is 0.544. The van der Waals surface area contributed by atoms with Crippen LogP contribution in [0, 0.1) is 6.92 Å². The van der Waals surface area contributed by atoms with Gasteiger partial charge in [0.05, 0.1) is 15.2 Å². The third-order valence-corrected chi connectivity index (χ3v) is 3.28. The minimum absolute atomic E-state index is 0.317. The first-order valence-electron chi connectivity index (χ1n) is 4.54. The monoisotopic (exact) mass is 217 g/mol. The van der Waals surface area contributed by atoms with Gasteiger partial charge in [-0.25, -0.2) is 9.78 Å². The maximum Gasteiger partial charge on any atom is 0.336 e. The summed E-state index contributed by atoms with van der Waals surface area (Å²) in [5, 5.41) is 1.97. The topological polar surface area (TPSA) is 43.1 Å². The molecule has 0 spiro atoms. The molecule has 0 amide bonds. The summed E-state index contributed by atoms with van der Waals surface area (Å²) in [6, 6.07) is 6.90. The molecule has 2 heterocycles. The molecule has 0 bridgehead atoms. The van der Waals surface area contributed by atoms with Crippen LogP contribution in [-0.2, 0) is 0 Å². The molecule has 0 aliphatic heterocycles. The van der Waals surface area contributed by atoms with Crippen LogP contribution in [0.2, 0.25) is 0 Å². The number of hydrogen-bond donors (Lipinski definition) is 0. The summed E-state index contributed by atoms with van der Waals surface area (Å²) in [5.74, 6) is 0. The third kappa shape index (κ3) is 1.26. The van der Waals surface area contributed by atoms with Crippen LogP contribution in [0.4, 0.5) is 0 Å². The lowest BCUT2D eigenvalue weighted by molar-refractivity contribution is 0.561. The lowest BCUT2D eigenvalue weighted by Crippen LogP contribution is -1.93. The summed E-state index contributed by atoms with van der Waals surface area (Å²) in [6.45, 7) is 1.97. The minimum Gasteiger partial charge on any atom is -0.423 e. The van der Waals surface area contributed by atoms with Crippen molar-refractivity contribution in [1.82, 2.24) is 4.98 Å². The predicted molar refractivity (Wildman–Crippen MR) is 60.4 cm³/mol. The first-order chi connectivity index (χ1) is 7.24. The Balaban J connectivity index is 2.59. The van der Waals surface area contributed by atoms with E-state index in [0.29, 0.717) is 5.58 Å². The predicted octanol–water partition coefficient (Wildman–Crippen LogP) is 2.71. The van der Waals surface area contributed by atoms with Crippen molar-refractivity contribution in [3.63, 3.8) is 0 Å². The third-order valence-electron chi connectivity index (χ3n) is 2.26. The number of aryl methyl sites for hydroxylation is 1. The van der Waals surface area contributed by atoms with Crippen molar-refractivity contribution >= 4 is 32.5 Å². The van der Waals surface area contributed by atoms with E-state index in [4.69, 9.17) is 4.42 Å². The number of fused-ring (bicyclic) bond motifs is 3. The van der Waals surface area contributed by atoms with Crippen molar-refractivity contribution in [1.29, 1.82) is 0 Å². The number of benzene rings is 1. The van der Waals surface area contributed by atoms with Crippen LogP contribution in [0.3, 0.4) is 0 Å². The van der Waals surface area contributed by atoms with E-state index in [1.165, 1.54) is 6.07 Å². The molecule has 3 aromatic rings. The van der Waals surface area contributed by atoms with Crippen LogP contribution >= 0.6 is 11.3 Å². The van der Waals surface area contributed by atoms with E-state index < -0.39 is 0 Å². The van der Waals surface area contributed by atoms with Gasteiger partial charge in [0.15, 0.2) is 0 Å². The van der Waals surface area contributed by atoms with Crippen molar-refractivity contribution in [2.75, 3.05) is 0 Å². The summed E-state index contributed by atoms with van der Waals surface area (Å²) in [6.07, 6.45) is 0. The zero-order chi connectivity index (χ0) is 10.4. The van der Waals surface area contributed by atoms with E-state index in [9.17, 15) is 4.79 Å². The van der Waals surface area contributed by atoms with Crippen LogP contribution in [0.5, 0.6) is 0 Å². The molecule has 3 nitrogen and oxygen atoms in total. The first kappa shape index (κ1) is 8.61. The molecule has 1 aromatic carbocycles. The summed E-state index contributed by atoms with van der Waals surface area (Å²) in [5.41, 5.74) is 1.26. The summed E-state index contributed by atoms with van der Waals surface area (Å²) >= 11 is 1.61. The normalized spacial score (nSPS) is 11.3. The average Bonchev–Trinajstić information content (AvgIpc) is 2.58. The summed E-state index contributed by atoms with van der Waals surface area (Å²) in [4.78, 5) is 15.4. The van der Waals surface area contributed by atoms with Gasteiger partial charge in [-0.1, -0.05) is 0 Å². The van der Waals surface area contributed by atoms with Crippen molar-refractivity contribution in [3.8, 4) is 0 Å². The van der Waals surface area contributed by atoms with Gasteiger partial charge in [-0.3, -0.25) is 0 Å². The van der Waals surface area contributed by atoms with Gasteiger partial charge in [-0.2, -0.15) is 0 Å². The van der Waals surface area contributed by atoms with Crippen molar-refractivity contribution in [3.05, 3.63) is 39.7 Å². The fourth-order valence-corrected chi connectivity index (χ4v) is 2.58. The van der Waals surface area contributed by atoms with Gasteiger partial charge in [0, 0.05) is 11.5 Å². The fraction of sp³-hybridized carbons (Fsp3) is 0.0909. The largest absolute Gasteiger partial charge is 0.423 e. The zero-order valence-electron chi connectivity index (χ0n) is 7.98. The Labute approximate surface area is 89.0 Å². The van der Waals surface area contributed by atoms with Crippen LogP contribution in [-0.4, -0.2) is 4.98 Å². The Morgan fingerprint density at radius 3 is 3.00 bits per heavy atom. The average molecular weight is 217 g/mol. The molecule has 0 unspecified atom stereocenters. The van der Waals surface area contributed by atoms with Gasteiger partial charge in [0.2, 0.25) is 0 Å². The highest BCUT2D eigenvalue weighted by atomic mass is 32.1. The maximum atomic E-state index is 11.0. The van der Waals surface area contributed by atoms with Gasteiger partial charge >= 0.3 is 5.63 Å². The van der Waals surface area contributed by atoms with Gasteiger partial charge in [0.1, 0.15) is 5.58 Å². The van der Waals surface area contributed by atoms with E-state index in [2.05, 4.69) is 4.98 Å². The van der Waals surface area contributed by atoms with Crippen molar-refractivity contribution in [2.45, 2.75) is 6.92 Å². The number of aromatic nitrogens is 1. The standard InChI is InChI=1S/C11H7NO2S/c1-6-12-8-3-4-9-7(11(8)15-6)2-5-10(13)14-9/h2-5H,1H3. The number of thiazole rings is 1. The second-order valence-electron chi connectivity index (χ2n) is 3.31. The Morgan fingerprint density at radius 1 is 1.27 bits per heavy atom. The minimum atomic E-state index is -0.317. The number of hydrogen-bond acceptors (Lipinski definition) is 4. The molecule has 0 atom stereocenters. The smallest absolute Gasteiger partial charge is 0.336 e. The van der Waals surface area contributed by atoms with Crippen molar-refractivity contribution < 1.29 is 4.42 Å². The SMILES string of the molecule is Cc1nc2ccc3oc(=O)ccc3c2s1. The second-order valence-corrected chi connectivity index (χ2v) is 4.52. The molecule has 0 saturated carbocycles. The molecular weight excluding hydrogens is 210 g/mol. The molecule has 0 N–H and O–H groups in total. The molecule has 0 aliphatic rings. The fourth-order valence-electron chi connectivity index (χ4n) is 1.65. The van der Waals surface area contributed by atoms with Gasteiger partial charge in [-0.15, -0.1) is 11.3 Å². The van der Waals surface area contributed by atoms with E-state index in [1.54, 1.807) is 23.5 Å². The Hall–Kier alpha value is -1.68. The van der Waals surface area contributed by atoms with Gasteiger partial charge in [-0.05, 0) is 25.1 Å². The molecule has 0 radical (unpaired) electrons. The lowest BCUT2D eigenvalue weighted by atomic mass is 10.2. The van der Waals surface area contributed by atoms with Gasteiger partial charge < -0.3 is 4.42 Å². The Kier molecular flexibility index (Phi) is 1.67. The van der Waals surface area contributed by atoms with Crippen LogP contribution in [0.25, 0.3) is 21.2 Å². The van der Waals surface area contributed by atoms with Crippen molar-refractivity contribution in [2.24, 2.45) is 0 Å².